The molecule has 0 amide bonds. The number of carbonyl (C=O) groups is 2. The van der Waals surface area contributed by atoms with E-state index in [2.05, 4.69) is 74.6 Å². The maximum absolute atomic E-state index is 12.9. The second kappa shape index (κ2) is 65.2. The molecule has 2 atom stereocenters. The number of phosphoric acid groups is 1. The molecule has 1 N–H and O–H groups in total. The average Bonchev–Trinajstić information content (AvgIpc) is 3.61. The first-order valence-corrected chi connectivity index (χ1v) is 37.5. The Hall–Kier alpha value is -2.29. The summed E-state index contributed by atoms with van der Waals surface area (Å²) in [5.41, 5.74) is 0. The zero-order chi connectivity index (χ0) is 61.2. The van der Waals surface area contributed by atoms with E-state index in [1.165, 1.54) is 250 Å². The van der Waals surface area contributed by atoms with Crippen molar-refractivity contribution in [2.75, 3.05) is 47.5 Å². The lowest BCUT2D eigenvalue weighted by Crippen LogP contribution is -2.37. The number of allylic oxidation sites excluding steroid dienone is 10. The number of esters is 2. The molecule has 0 aromatic heterocycles. The smallest absolute Gasteiger partial charge is 0.462 e. The molecule has 0 aromatic rings. The van der Waals surface area contributed by atoms with E-state index in [0.29, 0.717) is 23.9 Å². The predicted octanol–water partition coefficient (Wildman–Crippen LogP) is 23.4. The molecule has 0 bridgehead atoms. The van der Waals surface area contributed by atoms with Gasteiger partial charge >= 0.3 is 19.8 Å². The topological polar surface area (TPSA) is 108 Å². The molecule has 0 heterocycles. The lowest BCUT2D eigenvalue weighted by molar-refractivity contribution is -0.870. The molecule has 9 nitrogen and oxygen atoms in total. The van der Waals surface area contributed by atoms with Crippen LogP contribution in [0, 0.1) is 0 Å². The maximum atomic E-state index is 12.9. The summed E-state index contributed by atoms with van der Waals surface area (Å²) in [6.45, 7) is 4.39. The van der Waals surface area contributed by atoms with Crippen molar-refractivity contribution < 1.29 is 42.1 Å². The normalized spacial score (nSPS) is 13.5. The van der Waals surface area contributed by atoms with Crippen LogP contribution in [0.2, 0.25) is 0 Å². The van der Waals surface area contributed by atoms with Gasteiger partial charge in [0.05, 0.1) is 27.7 Å². The van der Waals surface area contributed by atoms with E-state index < -0.39 is 26.5 Å². The molecule has 0 saturated heterocycles. The van der Waals surface area contributed by atoms with Crippen molar-refractivity contribution in [1.82, 2.24) is 0 Å². The summed E-state index contributed by atoms with van der Waals surface area (Å²) >= 11 is 0. The minimum absolute atomic E-state index is 0.0342. The van der Waals surface area contributed by atoms with E-state index >= 15 is 0 Å². The van der Waals surface area contributed by atoms with Crippen LogP contribution < -0.4 is 0 Å². The van der Waals surface area contributed by atoms with Crippen molar-refractivity contribution in [3.05, 3.63) is 60.8 Å². The van der Waals surface area contributed by atoms with Gasteiger partial charge in [-0.05, 0) is 57.8 Å². The fraction of sp³-hybridized carbons (Fsp3) is 0.838. The largest absolute Gasteiger partial charge is 0.472 e. The number of carbonyl (C=O) groups excluding carboxylic acids is 2. The third-order valence-corrected chi connectivity index (χ3v) is 17.0. The Labute approximate surface area is 521 Å². The highest BCUT2D eigenvalue weighted by Crippen LogP contribution is 2.43. The van der Waals surface area contributed by atoms with Crippen LogP contribution in [-0.4, -0.2) is 74.9 Å². The molecule has 84 heavy (non-hydrogen) atoms. The summed E-state index contributed by atoms with van der Waals surface area (Å²) in [5, 5.41) is 0. The van der Waals surface area contributed by atoms with E-state index in [4.69, 9.17) is 18.5 Å². The van der Waals surface area contributed by atoms with Gasteiger partial charge in [-0.1, -0.05) is 338 Å². The first-order valence-electron chi connectivity index (χ1n) is 36.0. The Kier molecular flexibility index (Phi) is 63.4. The number of nitrogens with zero attached hydrogens (tertiary/aromatic N) is 1. The third kappa shape index (κ3) is 68.8. The Bertz CT molecular complexity index is 1600. The van der Waals surface area contributed by atoms with Crippen LogP contribution in [0.3, 0.4) is 0 Å². The lowest BCUT2D eigenvalue weighted by atomic mass is 10.0. The molecular formula is C74H139NO8P+. The van der Waals surface area contributed by atoms with E-state index in [1.807, 2.05) is 21.1 Å². The van der Waals surface area contributed by atoms with Crippen LogP contribution in [0.4, 0.5) is 0 Å². The van der Waals surface area contributed by atoms with Gasteiger partial charge in [-0.15, -0.1) is 0 Å². The monoisotopic (exact) mass is 1200 g/mol. The van der Waals surface area contributed by atoms with Gasteiger partial charge in [0.25, 0.3) is 0 Å². The van der Waals surface area contributed by atoms with Crippen LogP contribution in [0.25, 0.3) is 0 Å². The molecular weight excluding hydrogens is 1060 g/mol. The summed E-state index contributed by atoms with van der Waals surface area (Å²) < 4.78 is 34.8. The Morgan fingerprint density at radius 1 is 0.381 bits per heavy atom. The zero-order valence-corrected chi connectivity index (χ0v) is 57.0. The van der Waals surface area contributed by atoms with Gasteiger partial charge in [0, 0.05) is 12.8 Å². The summed E-state index contributed by atoms with van der Waals surface area (Å²) in [4.78, 5) is 35.9. The summed E-state index contributed by atoms with van der Waals surface area (Å²) in [6.07, 6.45) is 86.2. The number of quaternary nitrogens is 1. The van der Waals surface area contributed by atoms with E-state index in [9.17, 15) is 19.0 Å². The number of phosphoric ester groups is 1. The molecule has 0 saturated carbocycles. The molecule has 492 valence electrons. The number of rotatable bonds is 67. The summed E-state index contributed by atoms with van der Waals surface area (Å²) in [5.74, 6) is -0.776. The molecule has 10 heteroatoms. The second-order valence-corrected chi connectivity index (χ2v) is 27.1. The molecule has 0 aliphatic heterocycles. The van der Waals surface area contributed by atoms with E-state index in [-0.39, 0.29) is 25.6 Å². The van der Waals surface area contributed by atoms with Crippen molar-refractivity contribution >= 4 is 19.8 Å². The van der Waals surface area contributed by atoms with Crippen LogP contribution >= 0.6 is 7.82 Å². The van der Waals surface area contributed by atoms with Gasteiger partial charge < -0.3 is 18.9 Å². The number of unbranched alkanes of at least 4 members (excludes halogenated alkanes) is 43. The highest BCUT2D eigenvalue weighted by molar-refractivity contribution is 7.47. The standard InChI is InChI=1S/C74H138NO8P/c1-6-8-10-12-14-16-18-20-22-24-26-28-30-31-32-33-34-35-36-37-38-39-40-41-42-43-45-47-49-51-53-55-57-59-61-63-65-67-74(77)83-72(71-82-84(78,79)81-69-68-75(3,4)5)70-80-73(76)66-64-62-60-58-56-54-52-50-48-46-44-29-27-25-23-21-19-17-15-13-11-9-7-2/h8,10,14,16,20,22,26,28,31-32,72H,6-7,9,11-13,15,17-19,21,23-25,27,29-30,33-71H2,1-5H3/p+1/b10-8-,16-14-,22-20-,28-26-,32-31-. The van der Waals surface area contributed by atoms with Gasteiger partial charge in [0.2, 0.25) is 0 Å². The number of hydrogen-bond acceptors (Lipinski definition) is 7. The van der Waals surface area contributed by atoms with E-state index in [1.54, 1.807) is 0 Å². The maximum Gasteiger partial charge on any atom is 0.472 e. The molecule has 0 rings (SSSR count). The summed E-state index contributed by atoms with van der Waals surface area (Å²) in [6, 6.07) is 0. The molecule has 0 aliphatic carbocycles. The van der Waals surface area contributed by atoms with Crippen molar-refractivity contribution in [3.8, 4) is 0 Å². The van der Waals surface area contributed by atoms with E-state index in [0.717, 1.165) is 64.2 Å². The predicted molar refractivity (Wildman–Crippen MR) is 363 cm³/mol. The number of ether oxygens (including phenoxy) is 2. The average molecular weight is 1200 g/mol. The highest BCUT2D eigenvalue weighted by Gasteiger charge is 2.27. The van der Waals surface area contributed by atoms with Crippen molar-refractivity contribution in [1.29, 1.82) is 0 Å². The van der Waals surface area contributed by atoms with Gasteiger partial charge in [-0.3, -0.25) is 18.6 Å². The van der Waals surface area contributed by atoms with Crippen molar-refractivity contribution in [2.24, 2.45) is 0 Å². The molecule has 0 radical (unpaired) electrons. The van der Waals surface area contributed by atoms with Gasteiger partial charge in [-0.25, -0.2) is 4.57 Å². The summed E-state index contributed by atoms with van der Waals surface area (Å²) in [7, 11) is 1.50. The fourth-order valence-electron chi connectivity index (χ4n) is 10.6. The van der Waals surface area contributed by atoms with Gasteiger partial charge in [-0.2, -0.15) is 0 Å². The van der Waals surface area contributed by atoms with Crippen molar-refractivity contribution in [3.63, 3.8) is 0 Å². The van der Waals surface area contributed by atoms with Crippen LogP contribution in [0.5, 0.6) is 0 Å². The second-order valence-electron chi connectivity index (χ2n) is 25.6. The quantitative estimate of drug-likeness (QED) is 0.0211. The Morgan fingerprint density at radius 3 is 1.01 bits per heavy atom. The van der Waals surface area contributed by atoms with Crippen molar-refractivity contribution in [2.45, 2.75) is 354 Å². The van der Waals surface area contributed by atoms with Gasteiger partial charge in [0.15, 0.2) is 6.10 Å². The zero-order valence-electron chi connectivity index (χ0n) is 56.1. The molecule has 0 aromatic carbocycles. The SMILES string of the molecule is CC/C=C\C/C=C\C/C=C\C/C=C\C/C=C\CCCCCCCCCCCCCCCCCCCCCCCC(=O)OC(COC(=O)CCCCCCCCCCCCCCCCCCCCCCCCC)COP(=O)(O)OCC[N+](C)(C)C. The van der Waals surface area contributed by atoms with Gasteiger partial charge in [0.1, 0.15) is 19.8 Å². The van der Waals surface area contributed by atoms with Crippen LogP contribution in [-0.2, 0) is 32.7 Å². The first kappa shape index (κ1) is 81.7. The molecule has 0 aliphatic rings. The Morgan fingerprint density at radius 2 is 0.679 bits per heavy atom. The Balaban J connectivity index is 3.95. The molecule has 2 unspecified atom stereocenters. The number of likely N-dealkylation sites (N-methyl/N-ethyl adjacent to an activating group) is 1. The van der Waals surface area contributed by atoms with Crippen LogP contribution in [0.1, 0.15) is 348 Å². The lowest BCUT2D eigenvalue weighted by Gasteiger charge is -2.24. The number of hydrogen-bond donors (Lipinski definition) is 1. The highest BCUT2D eigenvalue weighted by atomic mass is 31.2. The third-order valence-electron chi connectivity index (χ3n) is 16.1. The van der Waals surface area contributed by atoms with Crippen LogP contribution in [0.15, 0.2) is 60.8 Å². The minimum atomic E-state index is -4.39. The fourth-order valence-corrected chi connectivity index (χ4v) is 11.3. The first-order chi connectivity index (χ1) is 41.0. The molecule has 0 fully saturated rings. The minimum Gasteiger partial charge on any atom is -0.462 e. The molecule has 0 spiro atoms.